The first-order valence-electron chi connectivity index (χ1n) is 7.10. The highest BCUT2D eigenvalue weighted by molar-refractivity contribution is 7.89. The molecule has 0 saturated carbocycles. The van der Waals surface area contributed by atoms with Crippen molar-refractivity contribution in [1.82, 2.24) is 9.71 Å². The Morgan fingerprint density at radius 1 is 1.17 bits per heavy atom. The van der Waals surface area contributed by atoms with E-state index in [1.54, 1.807) is 20.8 Å². The van der Waals surface area contributed by atoms with Gasteiger partial charge in [-0.15, -0.1) is 0 Å². The van der Waals surface area contributed by atoms with E-state index in [1.165, 1.54) is 30.5 Å². The second-order valence-corrected chi connectivity index (χ2v) is 7.99. The highest BCUT2D eigenvalue weighted by Crippen LogP contribution is 2.24. The summed E-state index contributed by atoms with van der Waals surface area (Å²) in [5.74, 6) is -1.23. The van der Waals surface area contributed by atoms with Crippen LogP contribution in [0.25, 0.3) is 11.1 Å². The average Bonchev–Trinajstić information content (AvgIpc) is 2.45. The predicted octanol–water partition coefficient (Wildman–Crippen LogP) is 1.82. The second-order valence-electron chi connectivity index (χ2n) is 6.31. The molecule has 0 fully saturated rings. The van der Waals surface area contributed by atoms with Crippen molar-refractivity contribution in [3.8, 4) is 11.1 Å². The maximum absolute atomic E-state index is 12.3. The largest absolute Gasteiger partial charge is 0.478 e. The van der Waals surface area contributed by atoms with Gasteiger partial charge in [0, 0.05) is 23.4 Å². The smallest absolute Gasteiger partial charge is 0.336 e. The van der Waals surface area contributed by atoms with Crippen LogP contribution >= 0.6 is 0 Å². The first kappa shape index (κ1) is 17.9. The third-order valence-electron chi connectivity index (χ3n) is 3.07. The van der Waals surface area contributed by atoms with Gasteiger partial charge in [-0.2, -0.15) is 0 Å². The number of benzene rings is 1. The number of hydrogen-bond acceptors (Lipinski definition) is 4. The summed E-state index contributed by atoms with van der Waals surface area (Å²) < 4.78 is 27.1. The molecule has 0 radical (unpaired) electrons. The Bertz CT molecular complexity index is 922. The summed E-state index contributed by atoms with van der Waals surface area (Å²) in [7, 11) is -3.67. The molecule has 0 amide bonds. The molecular formula is C16H18N2O5S. The number of aromatic nitrogens is 1. The molecule has 0 unspecified atom stereocenters. The van der Waals surface area contributed by atoms with Crippen LogP contribution < -0.4 is 10.3 Å². The molecule has 1 aromatic carbocycles. The maximum atomic E-state index is 12.3. The molecule has 1 heterocycles. The molecule has 3 N–H and O–H groups in total. The topological polar surface area (TPSA) is 116 Å². The average molecular weight is 350 g/mol. The van der Waals surface area contributed by atoms with Crippen LogP contribution in [0.15, 0.2) is 46.2 Å². The SMILES string of the molecule is CC(C)(C)NS(=O)(=O)c1ccc(-c2c[nH]c(=O)cc2C(=O)O)cc1. The van der Waals surface area contributed by atoms with Gasteiger partial charge in [-0.1, -0.05) is 12.1 Å². The van der Waals surface area contributed by atoms with Crippen LogP contribution in [-0.2, 0) is 10.0 Å². The molecular weight excluding hydrogens is 332 g/mol. The number of carbonyl (C=O) groups is 1. The standard InChI is InChI=1S/C16H18N2O5S/c1-16(2,3)18-24(22,23)11-6-4-10(5-7-11)13-9-17-14(19)8-12(13)15(20)21/h4-9,18H,1-3H3,(H,17,19)(H,20,21). The molecule has 1 aromatic heterocycles. The highest BCUT2D eigenvalue weighted by Gasteiger charge is 2.22. The number of sulfonamides is 1. The Morgan fingerprint density at radius 2 is 1.75 bits per heavy atom. The summed E-state index contributed by atoms with van der Waals surface area (Å²) in [6.07, 6.45) is 1.29. The quantitative estimate of drug-likeness (QED) is 0.778. The third-order valence-corrected chi connectivity index (χ3v) is 4.84. The van der Waals surface area contributed by atoms with Gasteiger partial charge in [0.05, 0.1) is 10.5 Å². The minimum atomic E-state index is -3.67. The van der Waals surface area contributed by atoms with Gasteiger partial charge in [0.15, 0.2) is 0 Å². The van der Waals surface area contributed by atoms with Crippen LogP contribution in [0.1, 0.15) is 31.1 Å². The summed E-state index contributed by atoms with van der Waals surface area (Å²) in [6, 6.07) is 6.76. The molecule has 7 nitrogen and oxygen atoms in total. The number of aromatic amines is 1. The molecule has 0 aliphatic rings. The van der Waals surface area contributed by atoms with Crippen molar-refractivity contribution in [2.45, 2.75) is 31.2 Å². The van der Waals surface area contributed by atoms with Gasteiger partial charge in [-0.3, -0.25) is 4.79 Å². The van der Waals surface area contributed by atoms with E-state index in [0.29, 0.717) is 11.1 Å². The summed E-state index contributed by atoms with van der Waals surface area (Å²) in [5, 5.41) is 9.20. The van der Waals surface area contributed by atoms with Crippen LogP contribution in [0.2, 0.25) is 0 Å². The lowest BCUT2D eigenvalue weighted by molar-refractivity contribution is 0.0697. The lowest BCUT2D eigenvalue weighted by Gasteiger charge is -2.20. The summed E-state index contributed by atoms with van der Waals surface area (Å²) >= 11 is 0. The van der Waals surface area contributed by atoms with Gasteiger partial charge in [-0.05, 0) is 38.5 Å². The minimum Gasteiger partial charge on any atom is -0.478 e. The zero-order chi connectivity index (χ0) is 18.1. The van der Waals surface area contributed by atoms with E-state index >= 15 is 0 Å². The molecule has 0 atom stereocenters. The molecule has 0 aliphatic carbocycles. The van der Waals surface area contributed by atoms with Crippen molar-refractivity contribution in [3.05, 3.63) is 52.4 Å². The number of rotatable bonds is 4. The lowest BCUT2D eigenvalue weighted by atomic mass is 10.0. The molecule has 0 saturated heterocycles. The molecule has 128 valence electrons. The summed E-state index contributed by atoms with van der Waals surface area (Å²) in [6.45, 7) is 5.20. The first-order valence-corrected chi connectivity index (χ1v) is 8.58. The van der Waals surface area contributed by atoms with Gasteiger partial charge < -0.3 is 10.1 Å². The zero-order valence-electron chi connectivity index (χ0n) is 13.5. The van der Waals surface area contributed by atoms with Gasteiger partial charge in [0.2, 0.25) is 15.6 Å². The van der Waals surface area contributed by atoms with E-state index in [0.717, 1.165) is 6.07 Å². The van der Waals surface area contributed by atoms with Crippen molar-refractivity contribution < 1.29 is 18.3 Å². The Morgan fingerprint density at radius 3 is 2.25 bits per heavy atom. The maximum Gasteiger partial charge on any atom is 0.336 e. The van der Waals surface area contributed by atoms with E-state index < -0.39 is 27.1 Å². The van der Waals surface area contributed by atoms with Gasteiger partial charge in [0.1, 0.15) is 0 Å². The number of hydrogen-bond donors (Lipinski definition) is 3. The fourth-order valence-electron chi connectivity index (χ4n) is 2.16. The van der Waals surface area contributed by atoms with E-state index in [2.05, 4.69) is 9.71 Å². The molecule has 0 bridgehead atoms. The van der Waals surface area contributed by atoms with Gasteiger partial charge in [-0.25, -0.2) is 17.9 Å². The number of pyridine rings is 1. The van der Waals surface area contributed by atoms with Crippen molar-refractivity contribution in [1.29, 1.82) is 0 Å². The minimum absolute atomic E-state index is 0.0717. The van der Waals surface area contributed by atoms with E-state index in [-0.39, 0.29) is 10.5 Å². The molecule has 2 aromatic rings. The van der Waals surface area contributed by atoms with Crippen molar-refractivity contribution >= 4 is 16.0 Å². The molecule has 0 aliphatic heterocycles. The fraction of sp³-hybridized carbons (Fsp3) is 0.250. The highest BCUT2D eigenvalue weighted by atomic mass is 32.2. The number of nitrogens with one attached hydrogen (secondary N) is 2. The molecule has 24 heavy (non-hydrogen) atoms. The molecule has 0 spiro atoms. The second kappa shape index (κ2) is 6.21. The Kier molecular flexibility index (Phi) is 4.63. The van der Waals surface area contributed by atoms with E-state index in [1.807, 2.05) is 0 Å². The van der Waals surface area contributed by atoms with E-state index in [4.69, 9.17) is 0 Å². The monoisotopic (exact) mass is 350 g/mol. The summed E-state index contributed by atoms with van der Waals surface area (Å²) in [4.78, 5) is 25.1. The van der Waals surface area contributed by atoms with Gasteiger partial charge >= 0.3 is 5.97 Å². The molecule has 8 heteroatoms. The first-order chi connectivity index (χ1) is 11.0. The van der Waals surface area contributed by atoms with Crippen molar-refractivity contribution in [2.75, 3.05) is 0 Å². The summed E-state index contributed by atoms with van der Waals surface area (Å²) in [5.41, 5.74) is -0.507. The number of H-pyrrole nitrogens is 1. The number of carboxylic acids is 1. The Balaban J connectivity index is 2.45. The van der Waals surface area contributed by atoms with Crippen LogP contribution in [-0.4, -0.2) is 30.0 Å². The number of aromatic carboxylic acids is 1. The van der Waals surface area contributed by atoms with Crippen LogP contribution in [0.5, 0.6) is 0 Å². The normalized spacial score (nSPS) is 12.1. The van der Waals surface area contributed by atoms with Crippen LogP contribution in [0.3, 0.4) is 0 Å². The fourth-order valence-corrected chi connectivity index (χ4v) is 3.58. The van der Waals surface area contributed by atoms with Crippen molar-refractivity contribution in [3.63, 3.8) is 0 Å². The van der Waals surface area contributed by atoms with Crippen molar-refractivity contribution in [2.24, 2.45) is 0 Å². The number of carboxylic acid groups (broad SMARTS) is 1. The van der Waals surface area contributed by atoms with Crippen LogP contribution in [0.4, 0.5) is 0 Å². The third kappa shape index (κ3) is 4.09. The van der Waals surface area contributed by atoms with E-state index in [9.17, 15) is 23.1 Å². The van der Waals surface area contributed by atoms with Gasteiger partial charge in [0.25, 0.3) is 0 Å². The zero-order valence-corrected chi connectivity index (χ0v) is 14.3. The Hall–Kier alpha value is -2.45. The lowest BCUT2D eigenvalue weighted by Crippen LogP contribution is -2.40. The Labute approximate surface area is 139 Å². The van der Waals surface area contributed by atoms with Crippen LogP contribution in [0, 0.1) is 0 Å². The molecule has 2 rings (SSSR count). The predicted molar refractivity (Wildman–Crippen MR) is 89.5 cm³/mol.